The van der Waals surface area contributed by atoms with Crippen molar-refractivity contribution in [3.05, 3.63) is 59.3 Å². The molecule has 6 rings (SSSR count). The number of carbonyl (C=O) groups excluding carboxylic acids is 1. The van der Waals surface area contributed by atoms with E-state index in [-0.39, 0.29) is 11.9 Å². The third-order valence-corrected chi connectivity index (χ3v) is 9.16. The van der Waals surface area contributed by atoms with E-state index in [0.29, 0.717) is 17.2 Å². The van der Waals surface area contributed by atoms with Gasteiger partial charge in [-0.2, -0.15) is 0 Å². The topological polar surface area (TPSA) is 53.4 Å². The molecule has 2 saturated heterocycles. The lowest BCUT2D eigenvalue weighted by molar-refractivity contribution is -0.0158. The fourth-order valence-electron chi connectivity index (χ4n) is 7.04. The van der Waals surface area contributed by atoms with Gasteiger partial charge in [-0.1, -0.05) is 0 Å². The van der Waals surface area contributed by atoms with Gasteiger partial charge in [-0.3, -0.25) is 14.7 Å². The summed E-state index contributed by atoms with van der Waals surface area (Å²) in [5.41, 5.74) is 4.47. The van der Waals surface area contributed by atoms with Crippen molar-refractivity contribution in [3.63, 3.8) is 0 Å². The SMILES string of the molecule is Cc1cncc2c1c(C[C@H]1CCN(C3C4CNCC3C4)C1)cn2-c1ccc(F)cc1C(=O)N(C)C(C)C. The summed E-state index contributed by atoms with van der Waals surface area (Å²) in [7, 11) is 1.77. The average Bonchev–Trinajstić information content (AvgIpc) is 3.49. The predicted octanol–water partition coefficient (Wildman–Crippen LogP) is 4.43. The van der Waals surface area contributed by atoms with Crippen LogP contribution in [0.2, 0.25) is 0 Å². The van der Waals surface area contributed by atoms with Gasteiger partial charge >= 0.3 is 0 Å². The first kappa shape index (κ1) is 24.6. The van der Waals surface area contributed by atoms with Crippen LogP contribution in [0.4, 0.5) is 4.39 Å². The molecule has 2 bridgehead atoms. The van der Waals surface area contributed by atoms with Crippen molar-refractivity contribution in [3.8, 4) is 5.69 Å². The zero-order chi connectivity index (χ0) is 25.8. The Morgan fingerprint density at radius 1 is 1.24 bits per heavy atom. The Bertz CT molecular complexity index is 1320. The molecule has 37 heavy (non-hydrogen) atoms. The lowest BCUT2D eigenvalue weighted by atomic mass is 9.66. The Balaban J connectivity index is 1.33. The summed E-state index contributed by atoms with van der Waals surface area (Å²) in [5, 5.41) is 4.78. The summed E-state index contributed by atoms with van der Waals surface area (Å²) in [6.07, 6.45) is 9.58. The number of nitrogens with zero attached hydrogens (tertiary/aromatic N) is 4. The minimum absolute atomic E-state index is 0.0146. The van der Waals surface area contributed by atoms with Crippen LogP contribution in [-0.4, -0.2) is 70.6 Å². The van der Waals surface area contributed by atoms with E-state index in [4.69, 9.17) is 0 Å². The molecule has 2 unspecified atom stereocenters. The lowest BCUT2D eigenvalue weighted by Gasteiger charge is -2.53. The number of aromatic nitrogens is 2. The largest absolute Gasteiger partial charge is 0.339 e. The molecular weight excluding hydrogens is 465 g/mol. The van der Waals surface area contributed by atoms with Gasteiger partial charge in [-0.15, -0.1) is 0 Å². The standard InChI is InChI=1S/C30H38FN5O/c1-18(2)34(4)30(37)25-11-24(31)5-6-26(25)36-17-23(28-19(3)12-32-15-27(28)36)9-20-7-8-35(16-20)29-21-10-22(29)14-33-13-21/h5-6,11-12,15,17-18,20-22,29,33H,7-10,13-14,16H2,1-4H3/t20-,21?,22?,29?/m1/s1. The fraction of sp³-hybridized carbons (Fsp3) is 0.533. The van der Waals surface area contributed by atoms with Gasteiger partial charge in [0.1, 0.15) is 5.82 Å². The zero-order valence-electron chi connectivity index (χ0n) is 22.4. The number of likely N-dealkylation sites (tertiary alicyclic amines) is 1. The molecule has 1 amide bonds. The molecule has 3 aliphatic rings. The number of piperidine rings is 2. The second kappa shape index (κ2) is 9.52. The van der Waals surface area contributed by atoms with Crippen LogP contribution >= 0.6 is 0 Å². The molecule has 2 aromatic heterocycles. The van der Waals surface area contributed by atoms with E-state index in [1.165, 1.54) is 55.6 Å². The predicted molar refractivity (Wildman–Crippen MR) is 145 cm³/mol. The first-order valence-corrected chi connectivity index (χ1v) is 13.8. The summed E-state index contributed by atoms with van der Waals surface area (Å²) in [4.78, 5) is 22.3. The minimum atomic E-state index is -0.405. The summed E-state index contributed by atoms with van der Waals surface area (Å²) in [6.45, 7) is 10.7. The van der Waals surface area contributed by atoms with Crippen molar-refractivity contribution in [2.45, 2.75) is 52.1 Å². The third kappa shape index (κ3) is 4.26. The molecule has 2 aliphatic heterocycles. The molecule has 0 radical (unpaired) electrons. The first-order valence-electron chi connectivity index (χ1n) is 13.8. The Labute approximate surface area is 218 Å². The van der Waals surface area contributed by atoms with E-state index in [0.717, 1.165) is 41.9 Å². The van der Waals surface area contributed by atoms with Crippen LogP contribution < -0.4 is 5.32 Å². The molecule has 7 heteroatoms. The monoisotopic (exact) mass is 503 g/mol. The molecule has 1 N–H and O–H groups in total. The highest BCUT2D eigenvalue weighted by Crippen LogP contribution is 2.43. The van der Waals surface area contributed by atoms with Crippen molar-refractivity contribution in [2.75, 3.05) is 33.2 Å². The number of amides is 1. The van der Waals surface area contributed by atoms with Crippen molar-refractivity contribution in [2.24, 2.45) is 17.8 Å². The fourth-order valence-corrected chi connectivity index (χ4v) is 7.04. The van der Waals surface area contributed by atoms with E-state index >= 15 is 0 Å². The number of fused-ring (bicyclic) bond motifs is 3. The Morgan fingerprint density at radius 2 is 2.03 bits per heavy atom. The molecule has 4 heterocycles. The maximum Gasteiger partial charge on any atom is 0.256 e. The van der Waals surface area contributed by atoms with Crippen LogP contribution in [0.3, 0.4) is 0 Å². The number of aryl methyl sites for hydroxylation is 1. The molecule has 1 saturated carbocycles. The number of hydrogen-bond donors (Lipinski definition) is 1. The number of rotatable bonds is 6. The van der Waals surface area contributed by atoms with E-state index < -0.39 is 5.82 Å². The Kier molecular flexibility index (Phi) is 6.32. The maximum absolute atomic E-state index is 14.4. The van der Waals surface area contributed by atoms with Crippen molar-refractivity contribution < 1.29 is 9.18 Å². The zero-order valence-corrected chi connectivity index (χ0v) is 22.4. The van der Waals surface area contributed by atoms with Crippen LogP contribution in [-0.2, 0) is 6.42 Å². The third-order valence-electron chi connectivity index (χ3n) is 9.16. The van der Waals surface area contributed by atoms with Crippen LogP contribution in [0.1, 0.15) is 48.2 Å². The van der Waals surface area contributed by atoms with Gasteiger partial charge in [0.25, 0.3) is 5.91 Å². The smallest absolute Gasteiger partial charge is 0.256 e. The number of hydrogen-bond acceptors (Lipinski definition) is 4. The lowest BCUT2D eigenvalue weighted by Crippen LogP contribution is -2.63. The van der Waals surface area contributed by atoms with Crippen molar-refractivity contribution in [1.29, 1.82) is 0 Å². The van der Waals surface area contributed by atoms with Crippen molar-refractivity contribution in [1.82, 2.24) is 24.7 Å². The minimum Gasteiger partial charge on any atom is -0.339 e. The second-order valence-corrected chi connectivity index (χ2v) is 11.8. The molecule has 6 nitrogen and oxygen atoms in total. The molecule has 1 aliphatic carbocycles. The maximum atomic E-state index is 14.4. The number of halogens is 1. The van der Waals surface area contributed by atoms with Crippen LogP contribution in [0, 0.1) is 30.5 Å². The number of benzene rings is 1. The van der Waals surface area contributed by atoms with E-state index in [9.17, 15) is 9.18 Å². The number of pyridine rings is 1. The number of nitrogens with one attached hydrogen (secondary N) is 1. The van der Waals surface area contributed by atoms with Crippen LogP contribution in [0.15, 0.2) is 36.8 Å². The van der Waals surface area contributed by atoms with Gasteiger partial charge in [-0.05, 0) is 107 Å². The van der Waals surface area contributed by atoms with E-state index in [1.54, 1.807) is 18.0 Å². The van der Waals surface area contributed by atoms with Gasteiger partial charge in [0, 0.05) is 43.5 Å². The molecule has 3 atom stereocenters. The summed E-state index contributed by atoms with van der Waals surface area (Å²) < 4.78 is 16.4. The summed E-state index contributed by atoms with van der Waals surface area (Å²) in [6, 6.07) is 5.31. The van der Waals surface area contributed by atoms with Crippen molar-refractivity contribution >= 4 is 16.8 Å². The highest BCUT2D eigenvalue weighted by atomic mass is 19.1. The molecule has 196 valence electrons. The summed E-state index contributed by atoms with van der Waals surface area (Å²) >= 11 is 0. The van der Waals surface area contributed by atoms with E-state index in [1.807, 2.05) is 26.2 Å². The normalized spacial score (nSPS) is 25.6. The molecular formula is C30H38FN5O. The highest BCUT2D eigenvalue weighted by molar-refractivity contribution is 5.99. The average molecular weight is 504 g/mol. The number of carbonyl (C=O) groups is 1. The molecule has 3 fully saturated rings. The van der Waals surface area contributed by atoms with Crippen LogP contribution in [0.5, 0.6) is 0 Å². The van der Waals surface area contributed by atoms with Gasteiger partial charge < -0.3 is 14.8 Å². The van der Waals surface area contributed by atoms with Gasteiger partial charge in [-0.25, -0.2) is 4.39 Å². The molecule has 0 spiro atoms. The quantitative estimate of drug-likeness (QED) is 0.541. The second-order valence-electron chi connectivity index (χ2n) is 11.8. The Morgan fingerprint density at radius 3 is 2.76 bits per heavy atom. The van der Waals surface area contributed by atoms with Gasteiger partial charge in [0.05, 0.1) is 23.0 Å². The highest BCUT2D eigenvalue weighted by Gasteiger charge is 2.48. The molecule has 1 aromatic carbocycles. The Hall–Kier alpha value is -2.77. The van der Waals surface area contributed by atoms with E-state index in [2.05, 4.69) is 32.9 Å². The first-order chi connectivity index (χ1) is 17.8. The molecule has 3 aromatic rings. The van der Waals surface area contributed by atoms with Crippen LogP contribution in [0.25, 0.3) is 16.6 Å². The summed E-state index contributed by atoms with van der Waals surface area (Å²) in [5.74, 6) is 1.68. The van der Waals surface area contributed by atoms with Gasteiger partial charge in [0.15, 0.2) is 0 Å². The van der Waals surface area contributed by atoms with Gasteiger partial charge in [0.2, 0.25) is 0 Å².